The third-order valence-electron chi connectivity index (χ3n) is 4.37. The molecule has 0 spiro atoms. The molecule has 1 aromatic heterocycles. The van der Waals surface area contributed by atoms with Crippen LogP contribution in [0.15, 0.2) is 30.5 Å². The van der Waals surface area contributed by atoms with Crippen LogP contribution in [0.5, 0.6) is 0 Å². The van der Waals surface area contributed by atoms with Crippen LogP contribution in [0.1, 0.15) is 36.0 Å². The highest BCUT2D eigenvalue weighted by Crippen LogP contribution is 2.21. The van der Waals surface area contributed by atoms with Gasteiger partial charge >= 0.3 is 5.97 Å². The number of aromatic nitrogens is 1. The van der Waals surface area contributed by atoms with E-state index in [-0.39, 0.29) is 0 Å². The van der Waals surface area contributed by atoms with Gasteiger partial charge in [0.15, 0.2) is 0 Å². The van der Waals surface area contributed by atoms with Crippen molar-refractivity contribution in [1.82, 2.24) is 9.47 Å². The zero-order chi connectivity index (χ0) is 14.7. The Morgan fingerprint density at radius 1 is 1.05 bits per heavy atom. The van der Waals surface area contributed by atoms with Crippen molar-refractivity contribution in [2.24, 2.45) is 0 Å². The Kier molecular flexibility index (Phi) is 4.25. The number of hydrogen-bond donors (Lipinski definition) is 1. The van der Waals surface area contributed by atoms with Gasteiger partial charge in [-0.05, 0) is 32.0 Å². The molecular weight excluding hydrogens is 264 g/mol. The summed E-state index contributed by atoms with van der Waals surface area (Å²) in [4.78, 5) is 13.9. The molecule has 4 nitrogen and oxygen atoms in total. The zero-order valence-corrected chi connectivity index (χ0v) is 12.3. The number of benzene rings is 1. The van der Waals surface area contributed by atoms with Gasteiger partial charge in [0.05, 0.1) is 5.56 Å². The second kappa shape index (κ2) is 6.31. The fourth-order valence-corrected chi connectivity index (χ4v) is 3.21. The summed E-state index contributed by atoms with van der Waals surface area (Å²) in [5, 5.41) is 10.2. The van der Waals surface area contributed by atoms with E-state index in [9.17, 15) is 9.90 Å². The van der Waals surface area contributed by atoms with Crippen LogP contribution in [-0.2, 0) is 6.54 Å². The molecule has 0 saturated carbocycles. The van der Waals surface area contributed by atoms with E-state index in [2.05, 4.69) is 9.47 Å². The summed E-state index contributed by atoms with van der Waals surface area (Å²) in [5.41, 5.74) is 1.42. The number of fused-ring (bicyclic) bond motifs is 1. The van der Waals surface area contributed by atoms with Crippen LogP contribution in [0.3, 0.4) is 0 Å². The van der Waals surface area contributed by atoms with Crippen molar-refractivity contribution in [1.29, 1.82) is 0 Å². The van der Waals surface area contributed by atoms with E-state index < -0.39 is 5.97 Å². The van der Waals surface area contributed by atoms with Gasteiger partial charge in [0.2, 0.25) is 0 Å². The molecule has 2 aromatic rings. The normalized spacial score (nSPS) is 17.0. The highest BCUT2D eigenvalue weighted by Gasteiger charge is 2.14. The molecule has 112 valence electrons. The molecule has 0 radical (unpaired) electrons. The summed E-state index contributed by atoms with van der Waals surface area (Å²) < 4.78 is 2.09. The van der Waals surface area contributed by atoms with Gasteiger partial charge in [-0.2, -0.15) is 0 Å². The molecule has 0 aliphatic carbocycles. The van der Waals surface area contributed by atoms with Crippen LogP contribution in [0.2, 0.25) is 0 Å². The standard InChI is InChI=1S/C17H22N2O2/c20-17(21)15-13-19(16-8-4-3-7-14(15)16)12-11-18-9-5-1-2-6-10-18/h3-4,7-8,13H,1-2,5-6,9-12H2,(H,20,21). The molecule has 0 atom stereocenters. The molecule has 1 aliphatic heterocycles. The van der Waals surface area contributed by atoms with E-state index >= 15 is 0 Å². The smallest absolute Gasteiger partial charge is 0.337 e. The summed E-state index contributed by atoms with van der Waals surface area (Å²) in [6.07, 6.45) is 7.03. The van der Waals surface area contributed by atoms with Gasteiger partial charge in [-0.1, -0.05) is 31.0 Å². The Hall–Kier alpha value is -1.81. The Labute approximate surface area is 125 Å². The first-order valence-corrected chi connectivity index (χ1v) is 7.79. The number of rotatable bonds is 4. The SMILES string of the molecule is O=C(O)c1cn(CCN2CCCCCC2)c2ccccc12. The van der Waals surface area contributed by atoms with Crippen molar-refractivity contribution in [3.05, 3.63) is 36.0 Å². The van der Waals surface area contributed by atoms with Gasteiger partial charge in [0, 0.05) is 30.2 Å². The largest absolute Gasteiger partial charge is 0.478 e. The zero-order valence-electron chi connectivity index (χ0n) is 12.3. The molecule has 0 unspecified atom stereocenters. The van der Waals surface area contributed by atoms with Crippen LogP contribution in [0.4, 0.5) is 0 Å². The summed E-state index contributed by atoms with van der Waals surface area (Å²) in [6.45, 7) is 4.20. The van der Waals surface area contributed by atoms with Crippen molar-refractivity contribution in [3.8, 4) is 0 Å². The first-order chi connectivity index (χ1) is 10.3. The highest BCUT2D eigenvalue weighted by molar-refractivity contribution is 6.03. The lowest BCUT2D eigenvalue weighted by atomic mass is 10.2. The Bertz CT molecular complexity index is 625. The molecule has 1 N–H and O–H groups in total. The van der Waals surface area contributed by atoms with Gasteiger partial charge in [-0.15, -0.1) is 0 Å². The quantitative estimate of drug-likeness (QED) is 0.938. The minimum Gasteiger partial charge on any atom is -0.478 e. The fourth-order valence-electron chi connectivity index (χ4n) is 3.21. The van der Waals surface area contributed by atoms with Gasteiger partial charge in [0.25, 0.3) is 0 Å². The number of likely N-dealkylation sites (tertiary alicyclic amines) is 1. The van der Waals surface area contributed by atoms with Crippen LogP contribution in [-0.4, -0.2) is 40.2 Å². The molecule has 3 rings (SSSR count). The van der Waals surface area contributed by atoms with Crippen LogP contribution in [0, 0.1) is 0 Å². The maximum atomic E-state index is 11.4. The van der Waals surface area contributed by atoms with Crippen LogP contribution < -0.4 is 0 Å². The van der Waals surface area contributed by atoms with Crippen LogP contribution >= 0.6 is 0 Å². The molecule has 2 heterocycles. The van der Waals surface area contributed by atoms with Gasteiger partial charge in [-0.3, -0.25) is 0 Å². The summed E-state index contributed by atoms with van der Waals surface area (Å²) in [6, 6.07) is 7.76. The fraction of sp³-hybridized carbons (Fsp3) is 0.471. The van der Waals surface area contributed by atoms with Gasteiger partial charge in [-0.25, -0.2) is 4.79 Å². The molecule has 1 aromatic carbocycles. The minimum atomic E-state index is -0.847. The average molecular weight is 286 g/mol. The lowest BCUT2D eigenvalue weighted by molar-refractivity contribution is 0.0698. The predicted octanol–water partition coefficient (Wildman–Crippen LogP) is 3.22. The number of nitrogens with zero attached hydrogens (tertiary/aromatic N) is 2. The molecular formula is C17H22N2O2. The molecule has 4 heteroatoms. The monoisotopic (exact) mass is 286 g/mol. The van der Waals surface area contributed by atoms with Crippen LogP contribution in [0.25, 0.3) is 10.9 Å². The lowest BCUT2D eigenvalue weighted by Gasteiger charge is -2.20. The van der Waals surface area contributed by atoms with E-state index in [4.69, 9.17) is 0 Å². The first kappa shape index (κ1) is 14.1. The minimum absolute atomic E-state index is 0.404. The second-order valence-corrected chi connectivity index (χ2v) is 5.81. The highest BCUT2D eigenvalue weighted by atomic mass is 16.4. The number of carboxylic acid groups (broad SMARTS) is 1. The van der Waals surface area contributed by atoms with E-state index in [1.165, 1.54) is 38.8 Å². The molecule has 21 heavy (non-hydrogen) atoms. The van der Waals surface area contributed by atoms with Crippen molar-refractivity contribution >= 4 is 16.9 Å². The maximum Gasteiger partial charge on any atom is 0.337 e. The number of hydrogen-bond acceptors (Lipinski definition) is 2. The van der Waals surface area contributed by atoms with E-state index in [1.807, 2.05) is 24.3 Å². The predicted molar refractivity (Wildman–Crippen MR) is 83.8 cm³/mol. The Morgan fingerprint density at radius 3 is 2.48 bits per heavy atom. The van der Waals surface area contributed by atoms with Crippen molar-refractivity contribution in [2.45, 2.75) is 32.2 Å². The van der Waals surface area contributed by atoms with E-state index in [1.54, 1.807) is 6.20 Å². The molecule has 1 fully saturated rings. The first-order valence-electron chi connectivity index (χ1n) is 7.79. The third-order valence-corrected chi connectivity index (χ3v) is 4.37. The molecule has 1 saturated heterocycles. The Balaban J connectivity index is 1.78. The van der Waals surface area contributed by atoms with Gasteiger partial charge < -0.3 is 14.6 Å². The van der Waals surface area contributed by atoms with Gasteiger partial charge in [0.1, 0.15) is 0 Å². The molecule has 1 aliphatic rings. The summed E-state index contributed by atoms with van der Waals surface area (Å²) in [5.74, 6) is -0.847. The summed E-state index contributed by atoms with van der Waals surface area (Å²) in [7, 11) is 0. The third kappa shape index (κ3) is 3.10. The summed E-state index contributed by atoms with van der Waals surface area (Å²) >= 11 is 0. The topological polar surface area (TPSA) is 45.5 Å². The second-order valence-electron chi connectivity index (χ2n) is 5.81. The number of carbonyl (C=O) groups is 1. The molecule has 0 bridgehead atoms. The average Bonchev–Trinajstić information content (AvgIpc) is 2.67. The lowest BCUT2D eigenvalue weighted by Crippen LogP contribution is -2.28. The molecule has 0 amide bonds. The van der Waals surface area contributed by atoms with Crippen molar-refractivity contribution in [2.75, 3.05) is 19.6 Å². The van der Waals surface area contributed by atoms with E-state index in [0.717, 1.165) is 24.0 Å². The van der Waals surface area contributed by atoms with Crippen molar-refractivity contribution < 1.29 is 9.90 Å². The number of aromatic carboxylic acids is 1. The maximum absolute atomic E-state index is 11.4. The van der Waals surface area contributed by atoms with Crippen molar-refractivity contribution in [3.63, 3.8) is 0 Å². The Morgan fingerprint density at radius 2 is 1.76 bits per heavy atom. The number of para-hydroxylation sites is 1. The van der Waals surface area contributed by atoms with E-state index in [0.29, 0.717) is 5.56 Å². The number of carboxylic acids is 1.